The van der Waals surface area contributed by atoms with Crippen LogP contribution in [-0.4, -0.2) is 33.4 Å². The molecule has 5 nitrogen and oxygen atoms in total. The molecule has 0 radical (unpaired) electrons. The number of hydrogen-bond donors (Lipinski definition) is 1. The molecule has 0 aromatic carbocycles. The monoisotopic (exact) mass is 196 g/mol. The molecule has 1 amide bonds. The number of nitrogens with two attached hydrogens (primary N) is 1. The normalized spacial score (nSPS) is 10.1. The smallest absolute Gasteiger partial charge is 0.242 e. The number of aromatic nitrogens is 2. The minimum atomic E-state index is 0.0692. The summed E-state index contributed by atoms with van der Waals surface area (Å²) in [4.78, 5) is 17.3. The summed E-state index contributed by atoms with van der Waals surface area (Å²) < 4.78 is 1.64. The molecule has 0 unspecified atom stereocenters. The fourth-order valence-corrected chi connectivity index (χ4v) is 1.30. The molecule has 1 heterocycles. The van der Waals surface area contributed by atoms with E-state index < -0.39 is 0 Å². The van der Waals surface area contributed by atoms with Gasteiger partial charge in [-0.3, -0.25) is 4.79 Å². The van der Waals surface area contributed by atoms with Gasteiger partial charge in [-0.2, -0.15) is 0 Å². The van der Waals surface area contributed by atoms with Gasteiger partial charge in [-0.25, -0.2) is 4.98 Å². The third-order valence-electron chi connectivity index (χ3n) is 2.17. The number of hydrogen-bond acceptors (Lipinski definition) is 3. The number of imidazole rings is 1. The molecular formula is C9H16N4O. The standard InChI is InChI=1S/C9H16N4O/c1-3-12(4-2)8(14)7-13-6-5-11-9(13)10/h5-6H,3-4,7H2,1-2H3,(H2,10,11). The molecular weight excluding hydrogens is 180 g/mol. The van der Waals surface area contributed by atoms with Crippen LogP contribution >= 0.6 is 0 Å². The number of carbonyl (C=O) groups excluding carboxylic acids is 1. The van der Waals surface area contributed by atoms with Gasteiger partial charge in [0.25, 0.3) is 0 Å². The molecule has 2 N–H and O–H groups in total. The minimum Gasteiger partial charge on any atom is -0.369 e. The van der Waals surface area contributed by atoms with Crippen molar-refractivity contribution in [2.75, 3.05) is 18.8 Å². The third kappa shape index (κ3) is 2.25. The maximum Gasteiger partial charge on any atom is 0.242 e. The zero-order valence-corrected chi connectivity index (χ0v) is 8.60. The van der Waals surface area contributed by atoms with Crippen molar-refractivity contribution >= 4 is 11.9 Å². The molecule has 5 heteroatoms. The first-order valence-electron chi connectivity index (χ1n) is 4.73. The van der Waals surface area contributed by atoms with Crippen molar-refractivity contribution < 1.29 is 4.79 Å². The van der Waals surface area contributed by atoms with Crippen LogP contribution in [0.1, 0.15) is 13.8 Å². The van der Waals surface area contributed by atoms with E-state index in [-0.39, 0.29) is 12.5 Å². The van der Waals surface area contributed by atoms with Crippen molar-refractivity contribution in [3.8, 4) is 0 Å². The van der Waals surface area contributed by atoms with E-state index in [0.717, 1.165) is 13.1 Å². The molecule has 0 bridgehead atoms. The van der Waals surface area contributed by atoms with E-state index in [1.807, 2.05) is 13.8 Å². The summed E-state index contributed by atoms with van der Waals surface area (Å²) in [5.41, 5.74) is 5.55. The van der Waals surface area contributed by atoms with Crippen molar-refractivity contribution in [3.05, 3.63) is 12.4 Å². The molecule has 0 saturated carbocycles. The second-order valence-corrected chi connectivity index (χ2v) is 2.98. The van der Waals surface area contributed by atoms with E-state index in [0.29, 0.717) is 5.95 Å². The SMILES string of the molecule is CCN(CC)C(=O)Cn1ccnc1N. The lowest BCUT2D eigenvalue weighted by Gasteiger charge is -2.18. The van der Waals surface area contributed by atoms with Gasteiger partial charge in [-0.15, -0.1) is 0 Å². The van der Waals surface area contributed by atoms with Crippen LogP contribution in [0.2, 0.25) is 0 Å². The van der Waals surface area contributed by atoms with Gasteiger partial charge in [-0.1, -0.05) is 0 Å². The molecule has 0 aliphatic carbocycles. The Morgan fingerprint density at radius 3 is 2.64 bits per heavy atom. The van der Waals surface area contributed by atoms with E-state index in [4.69, 9.17) is 5.73 Å². The van der Waals surface area contributed by atoms with Gasteiger partial charge < -0.3 is 15.2 Å². The Kier molecular flexibility index (Phi) is 3.50. The molecule has 0 spiro atoms. The maximum atomic E-state index is 11.6. The van der Waals surface area contributed by atoms with Crippen LogP contribution in [-0.2, 0) is 11.3 Å². The van der Waals surface area contributed by atoms with E-state index in [1.54, 1.807) is 21.9 Å². The van der Waals surface area contributed by atoms with E-state index in [2.05, 4.69) is 4.98 Å². The van der Waals surface area contributed by atoms with Crippen LogP contribution in [0, 0.1) is 0 Å². The summed E-state index contributed by atoms with van der Waals surface area (Å²) in [6.45, 7) is 5.64. The Morgan fingerprint density at radius 2 is 2.21 bits per heavy atom. The fraction of sp³-hybridized carbons (Fsp3) is 0.556. The summed E-state index contributed by atoms with van der Waals surface area (Å²) in [6.07, 6.45) is 3.29. The van der Waals surface area contributed by atoms with Crippen LogP contribution in [0.3, 0.4) is 0 Å². The quantitative estimate of drug-likeness (QED) is 0.755. The Morgan fingerprint density at radius 1 is 1.57 bits per heavy atom. The van der Waals surface area contributed by atoms with E-state index in [1.165, 1.54) is 0 Å². The number of carbonyl (C=O) groups is 1. The van der Waals surface area contributed by atoms with Crippen molar-refractivity contribution in [1.29, 1.82) is 0 Å². The van der Waals surface area contributed by atoms with Gasteiger partial charge in [0.1, 0.15) is 6.54 Å². The Balaban J connectivity index is 2.61. The minimum absolute atomic E-state index is 0.0692. The molecule has 78 valence electrons. The molecule has 1 aromatic heterocycles. The number of nitrogen functional groups attached to an aromatic ring is 1. The van der Waals surface area contributed by atoms with Crippen molar-refractivity contribution in [2.45, 2.75) is 20.4 Å². The van der Waals surface area contributed by atoms with Crippen LogP contribution in [0.5, 0.6) is 0 Å². The highest BCUT2D eigenvalue weighted by atomic mass is 16.2. The summed E-state index contributed by atoms with van der Waals surface area (Å²) in [5, 5.41) is 0. The van der Waals surface area contributed by atoms with Crippen molar-refractivity contribution in [2.24, 2.45) is 0 Å². The first-order chi connectivity index (χ1) is 6.69. The van der Waals surface area contributed by atoms with Gasteiger partial charge in [0, 0.05) is 25.5 Å². The molecule has 0 atom stereocenters. The predicted octanol–water partition coefficient (Wildman–Crippen LogP) is 0.334. The topological polar surface area (TPSA) is 64.2 Å². The van der Waals surface area contributed by atoms with E-state index >= 15 is 0 Å². The molecule has 0 saturated heterocycles. The number of rotatable bonds is 4. The largest absolute Gasteiger partial charge is 0.369 e. The fourth-order valence-electron chi connectivity index (χ4n) is 1.30. The van der Waals surface area contributed by atoms with E-state index in [9.17, 15) is 4.79 Å². The molecule has 14 heavy (non-hydrogen) atoms. The number of likely N-dealkylation sites (N-methyl/N-ethyl adjacent to an activating group) is 1. The number of nitrogens with zero attached hydrogens (tertiary/aromatic N) is 3. The first kappa shape index (κ1) is 10.6. The molecule has 0 aliphatic heterocycles. The average molecular weight is 196 g/mol. The number of anilines is 1. The summed E-state index contributed by atoms with van der Waals surface area (Å²) in [6, 6.07) is 0. The molecule has 0 fully saturated rings. The lowest BCUT2D eigenvalue weighted by molar-refractivity contribution is -0.131. The van der Waals surface area contributed by atoms with Crippen LogP contribution < -0.4 is 5.73 Å². The Hall–Kier alpha value is -1.52. The van der Waals surface area contributed by atoms with Crippen molar-refractivity contribution in [1.82, 2.24) is 14.5 Å². The van der Waals surface area contributed by atoms with Gasteiger partial charge in [0.2, 0.25) is 11.9 Å². The second-order valence-electron chi connectivity index (χ2n) is 2.98. The first-order valence-corrected chi connectivity index (χ1v) is 4.73. The third-order valence-corrected chi connectivity index (χ3v) is 2.17. The van der Waals surface area contributed by atoms with Crippen LogP contribution in [0.4, 0.5) is 5.95 Å². The molecule has 1 aromatic rings. The lowest BCUT2D eigenvalue weighted by atomic mass is 10.4. The molecule has 0 aliphatic rings. The number of amides is 1. The van der Waals surface area contributed by atoms with Gasteiger partial charge in [0.15, 0.2) is 0 Å². The van der Waals surface area contributed by atoms with Gasteiger partial charge >= 0.3 is 0 Å². The average Bonchev–Trinajstić information content (AvgIpc) is 2.54. The maximum absolute atomic E-state index is 11.6. The van der Waals surface area contributed by atoms with Crippen LogP contribution in [0.25, 0.3) is 0 Å². The predicted molar refractivity (Wildman–Crippen MR) is 54.6 cm³/mol. The highest BCUT2D eigenvalue weighted by Gasteiger charge is 2.10. The summed E-state index contributed by atoms with van der Waals surface area (Å²) >= 11 is 0. The Bertz CT molecular complexity index is 304. The second kappa shape index (κ2) is 4.64. The summed E-state index contributed by atoms with van der Waals surface area (Å²) in [5.74, 6) is 0.449. The zero-order chi connectivity index (χ0) is 10.6. The molecule has 1 rings (SSSR count). The highest BCUT2D eigenvalue weighted by Crippen LogP contribution is 2.00. The van der Waals surface area contributed by atoms with Crippen molar-refractivity contribution in [3.63, 3.8) is 0 Å². The summed E-state index contributed by atoms with van der Waals surface area (Å²) in [7, 11) is 0. The van der Waals surface area contributed by atoms with Crippen LogP contribution in [0.15, 0.2) is 12.4 Å². The zero-order valence-electron chi connectivity index (χ0n) is 8.60. The highest BCUT2D eigenvalue weighted by molar-refractivity contribution is 5.76. The lowest BCUT2D eigenvalue weighted by Crippen LogP contribution is -2.33. The Labute approximate surface area is 83.5 Å². The van der Waals surface area contributed by atoms with Gasteiger partial charge in [-0.05, 0) is 13.8 Å². The van der Waals surface area contributed by atoms with Gasteiger partial charge in [0.05, 0.1) is 0 Å².